The van der Waals surface area contributed by atoms with E-state index >= 15 is 0 Å². The van der Waals surface area contributed by atoms with Gasteiger partial charge in [-0.1, -0.05) is 0 Å². The molecule has 25 heavy (non-hydrogen) atoms. The van der Waals surface area contributed by atoms with Gasteiger partial charge in [-0.3, -0.25) is 4.79 Å². The van der Waals surface area contributed by atoms with Gasteiger partial charge in [-0.25, -0.2) is 9.07 Å². The monoisotopic (exact) mass is 343 g/mol. The van der Waals surface area contributed by atoms with E-state index in [-0.39, 0.29) is 18.3 Å². The van der Waals surface area contributed by atoms with Crippen LogP contribution in [-0.2, 0) is 0 Å². The molecule has 130 valence electrons. The van der Waals surface area contributed by atoms with Crippen LogP contribution in [0.25, 0.3) is 5.69 Å². The summed E-state index contributed by atoms with van der Waals surface area (Å²) < 4.78 is 19.9. The van der Waals surface area contributed by atoms with Crippen LogP contribution in [0, 0.1) is 19.7 Å². The highest BCUT2D eigenvalue weighted by Crippen LogP contribution is 2.20. The Morgan fingerprint density at radius 2 is 2.04 bits per heavy atom. The summed E-state index contributed by atoms with van der Waals surface area (Å²) in [5, 5.41) is 16.6. The van der Waals surface area contributed by atoms with E-state index in [2.05, 4.69) is 10.4 Å². The number of carbonyl (C=O) groups is 1. The van der Waals surface area contributed by atoms with Gasteiger partial charge < -0.3 is 14.8 Å². The van der Waals surface area contributed by atoms with Crippen molar-refractivity contribution < 1.29 is 18.7 Å². The molecule has 0 saturated heterocycles. The molecule has 7 heteroatoms. The van der Waals surface area contributed by atoms with Gasteiger partial charge in [0.15, 0.2) is 0 Å². The van der Waals surface area contributed by atoms with E-state index in [1.165, 1.54) is 18.4 Å². The van der Waals surface area contributed by atoms with E-state index in [0.29, 0.717) is 28.4 Å². The quantitative estimate of drug-likeness (QED) is 0.746. The second kappa shape index (κ2) is 6.90. The van der Waals surface area contributed by atoms with Crippen LogP contribution >= 0.6 is 0 Å². The molecular formula is C18H18FN3O3. The number of amides is 1. The molecule has 2 N–H and O–H groups in total. The van der Waals surface area contributed by atoms with Crippen molar-refractivity contribution >= 4 is 5.91 Å². The third-order valence-corrected chi connectivity index (χ3v) is 3.96. The van der Waals surface area contributed by atoms with Crippen LogP contribution < -0.4 is 5.32 Å². The number of hydrogen-bond acceptors (Lipinski definition) is 4. The summed E-state index contributed by atoms with van der Waals surface area (Å²) in [6, 6.07) is 8.59. The van der Waals surface area contributed by atoms with Crippen molar-refractivity contribution in [2.24, 2.45) is 0 Å². The van der Waals surface area contributed by atoms with Crippen LogP contribution in [0.3, 0.4) is 0 Å². The molecule has 1 atom stereocenters. The van der Waals surface area contributed by atoms with Crippen LogP contribution in [0.5, 0.6) is 0 Å². The predicted molar refractivity (Wildman–Crippen MR) is 89.0 cm³/mol. The number of halogens is 1. The molecule has 1 aromatic carbocycles. The van der Waals surface area contributed by atoms with E-state index in [1.807, 2.05) is 0 Å². The molecule has 6 nitrogen and oxygen atoms in total. The fourth-order valence-corrected chi connectivity index (χ4v) is 2.73. The molecule has 1 unspecified atom stereocenters. The summed E-state index contributed by atoms with van der Waals surface area (Å²) in [5.74, 6) is -0.233. The lowest BCUT2D eigenvalue weighted by Crippen LogP contribution is -2.31. The largest absolute Gasteiger partial charge is 0.467 e. The molecule has 0 aliphatic carbocycles. The number of nitrogens with zero attached hydrogens (tertiary/aromatic N) is 2. The zero-order valence-corrected chi connectivity index (χ0v) is 13.9. The number of furan rings is 1. The van der Waals surface area contributed by atoms with Crippen molar-refractivity contribution in [3.63, 3.8) is 0 Å². The van der Waals surface area contributed by atoms with Crippen molar-refractivity contribution in [3.05, 3.63) is 71.2 Å². The maximum atomic E-state index is 13.1. The van der Waals surface area contributed by atoms with E-state index in [9.17, 15) is 14.3 Å². The Hall–Kier alpha value is -2.93. The second-order valence-corrected chi connectivity index (χ2v) is 5.66. The van der Waals surface area contributed by atoms with Gasteiger partial charge in [0.25, 0.3) is 5.91 Å². The lowest BCUT2D eigenvalue weighted by Gasteiger charge is -2.14. The lowest BCUT2D eigenvalue weighted by atomic mass is 10.1. The Balaban J connectivity index is 1.89. The van der Waals surface area contributed by atoms with Crippen molar-refractivity contribution in [2.45, 2.75) is 19.9 Å². The molecule has 0 saturated carbocycles. The highest BCUT2D eigenvalue weighted by atomic mass is 19.1. The van der Waals surface area contributed by atoms with Crippen LogP contribution in [0.4, 0.5) is 4.39 Å². The normalized spacial score (nSPS) is 12.2. The first-order valence-corrected chi connectivity index (χ1v) is 7.78. The van der Waals surface area contributed by atoms with Crippen LogP contribution in [0.2, 0.25) is 0 Å². The summed E-state index contributed by atoms with van der Waals surface area (Å²) in [4.78, 5) is 12.7. The van der Waals surface area contributed by atoms with Gasteiger partial charge in [0.05, 0.1) is 35.5 Å². The number of nitrogens with one attached hydrogen (secondary N) is 1. The number of benzene rings is 1. The van der Waals surface area contributed by atoms with E-state index in [0.717, 1.165) is 0 Å². The molecule has 2 heterocycles. The van der Waals surface area contributed by atoms with Gasteiger partial charge in [-0.05, 0) is 50.2 Å². The first-order chi connectivity index (χ1) is 12.0. The number of aryl methyl sites for hydroxylation is 1. The first-order valence-electron chi connectivity index (χ1n) is 7.78. The zero-order chi connectivity index (χ0) is 18.0. The fourth-order valence-electron chi connectivity index (χ4n) is 2.73. The Bertz CT molecular complexity index is 870. The standard InChI is InChI=1S/C18H18FN3O3/c1-11-17(18(24)20-15(10-23)16-4-3-9-25-16)12(2)22(21-11)14-7-5-13(19)6-8-14/h3-9,15,23H,10H2,1-2H3,(H,20,24). The molecule has 1 amide bonds. The van der Waals surface area contributed by atoms with Crippen LogP contribution in [0.1, 0.15) is 33.5 Å². The smallest absolute Gasteiger partial charge is 0.255 e. The lowest BCUT2D eigenvalue weighted by molar-refractivity contribution is 0.0906. The van der Waals surface area contributed by atoms with Gasteiger partial charge in [-0.15, -0.1) is 0 Å². The number of aliphatic hydroxyl groups excluding tert-OH is 1. The molecule has 0 bridgehead atoms. The van der Waals surface area contributed by atoms with Crippen molar-refractivity contribution in [3.8, 4) is 5.69 Å². The molecule has 0 radical (unpaired) electrons. The third kappa shape index (κ3) is 3.32. The topological polar surface area (TPSA) is 80.3 Å². The predicted octanol–water partition coefficient (Wildman–Crippen LogP) is 2.68. The Morgan fingerprint density at radius 1 is 1.32 bits per heavy atom. The summed E-state index contributed by atoms with van der Waals surface area (Å²) in [6.07, 6.45) is 1.48. The van der Waals surface area contributed by atoms with Crippen LogP contribution in [-0.4, -0.2) is 27.4 Å². The minimum absolute atomic E-state index is 0.288. The van der Waals surface area contributed by atoms with Gasteiger partial charge >= 0.3 is 0 Å². The van der Waals surface area contributed by atoms with Crippen LogP contribution in [0.15, 0.2) is 47.1 Å². The number of rotatable bonds is 5. The molecule has 0 fully saturated rings. The van der Waals surface area contributed by atoms with Crippen molar-refractivity contribution in [1.29, 1.82) is 0 Å². The fraction of sp³-hybridized carbons (Fsp3) is 0.222. The maximum absolute atomic E-state index is 13.1. The SMILES string of the molecule is Cc1nn(-c2ccc(F)cc2)c(C)c1C(=O)NC(CO)c1ccco1. The Labute approximate surface area is 143 Å². The molecule has 2 aromatic heterocycles. The number of carbonyl (C=O) groups excluding carboxylic acids is 1. The molecule has 0 aliphatic rings. The number of aliphatic hydroxyl groups is 1. The van der Waals surface area contributed by atoms with Crippen molar-refractivity contribution in [1.82, 2.24) is 15.1 Å². The minimum Gasteiger partial charge on any atom is -0.467 e. The summed E-state index contributed by atoms with van der Waals surface area (Å²) in [7, 11) is 0. The molecule has 3 aromatic rings. The van der Waals surface area contributed by atoms with E-state index < -0.39 is 6.04 Å². The second-order valence-electron chi connectivity index (χ2n) is 5.66. The number of aromatic nitrogens is 2. The maximum Gasteiger partial charge on any atom is 0.255 e. The Morgan fingerprint density at radius 3 is 2.64 bits per heavy atom. The van der Waals surface area contributed by atoms with E-state index in [4.69, 9.17) is 4.42 Å². The average Bonchev–Trinajstić information content (AvgIpc) is 3.22. The third-order valence-electron chi connectivity index (χ3n) is 3.96. The summed E-state index contributed by atoms with van der Waals surface area (Å²) in [5.41, 5.74) is 2.23. The highest BCUT2D eigenvalue weighted by molar-refractivity contribution is 5.96. The average molecular weight is 343 g/mol. The summed E-state index contributed by atoms with van der Waals surface area (Å²) >= 11 is 0. The van der Waals surface area contributed by atoms with Gasteiger partial charge in [0.2, 0.25) is 0 Å². The first kappa shape index (κ1) is 16.9. The molecule has 3 rings (SSSR count). The van der Waals surface area contributed by atoms with Gasteiger partial charge in [0, 0.05) is 0 Å². The van der Waals surface area contributed by atoms with Gasteiger partial charge in [-0.2, -0.15) is 5.10 Å². The minimum atomic E-state index is -0.643. The van der Waals surface area contributed by atoms with E-state index in [1.54, 1.807) is 42.8 Å². The highest BCUT2D eigenvalue weighted by Gasteiger charge is 2.23. The summed E-state index contributed by atoms with van der Waals surface area (Å²) in [6.45, 7) is 3.20. The molecule has 0 spiro atoms. The Kier molecular flexibility index (Phi) is 4.67. The number of hydrogen-bond donors (Lipinski definition) is 2. The van der Waals surface area contributed by atoms with Gasteiger partial charge in [0.1, 0.15) is 17.6 Å². The molecule has 0 aliphatic heterocycles. The zero-order valence-electron chi connectivity index (χ0n) is 13.9. The van der Waals surface area contributed by atoms with Crippen molar-refractivity contribution in [2.75, 3.05) is 6.61 Å². The molecular weight excluding hydrogens is 325 g/mol.